The molecule has 0 aliphatic carbocycles. The number of carbonyl (C=O) groups excluding carboxylic acids is 1. The molecule has 0 radical (unpaired) electrons. The van der Waals surface area contributed by atoms with Gasteiger partial charge in [-0.25, -0.2) is 4.79 Å². The molecular formula is C29H28N2O4. The topological polar surface area (TPSA) is 94.6 Å². The van der Waals surface area contributed by atoms with Crippen LogP contribution in [-0.4, -0.2) is 12.6 Å². The van der Waals surface area contributed by atoms with E-state index in [0.717, 1.165) is 17.5 Å². The SMILES string of the molecule is CCCOc1ccccc1C(=O)Oc1ccc2c(c1)OC(N)=C(C#N)C2c1ccc(C(C)C)cc1. The number of hydrogen-bond acceptors (Lipinski definition) is 6. The van der Waals surface area contributed by atoms with Gasteiger partial charge in [-0.3, -0.25) is 0 Å². The molecule has 1 aliphatic rings. The van der Waals surface area contributed by atoms with Gasteiger partial charge in [0.25, 0.3) is 0 Å². The number of rotatable bonds is 7. The average Bonchev–Trinajstić information content (AvgIpc) is 2.86. The van der Waals surface area contributed by atoms with Gasteiger partial charge in [0.1, 0.15) is 34.5 Å². The number of nitrogens with zero attached hydrogens (tertiary/aromatic N) is 1. The number of fused-ring (bicyclic) bond motifs is 1. The summed E-state index contributed by atoms with van der Waals surface area (Å²) in [4.78, 5) is 12.9. The number of esters is 1. The molecule has 6 nitrogen and oxygen atoms in total. The Morgan fingerprint density at radius 3 is 2.54 bits per heavy atom. The first-order valence-corrected chi connectivity index (χ1v) is 11.7. The van der Waals surface area contributed by atoms with Crippen LogP contribution >= 0.6 is 0 Å². The van der Waals surface area contributed by atoms with Crippen LogP contribution in [0.25, 0.3) is 0 Å². The summed E-state index contributed by atoms with van der Waals surface area (Å²) in [6.07, 6.45) is 0.826. The Balaban J connectivity index is 1.64. The van der Waals surface area contributed by atoms with Crippen molar-refractivity contribution in [2.45, 2.75) is 39.0 Å². The lowest BCUT2D eigenvalue weighted by Crippen LogP contribution is -2.21. The monoisotopic (exact) mass is 468 g/mol. The Kier molecular flexibility index (Phi) is 7.07. The molecule has 0 fully saturated rings. The van der Waals surface area contributed by atoms with E-state index in [1.165, 1.54) is 5.56 Å². The standard InChI is InChI=1S/C29H28N2O4/c1-4-15-33-25-8-6-5-7-23(25)29(32)34-21-13-14-22-26(16-21)35-28(31)24(17-30)27(22)20-11-9-19(10-12-20)18(2)3/h5-14,16,18,27H,4,15,31H2,1-3H3. The van der Waals surface area contributed by atoms with Gasteiger partial charge in [0.15, 0.2) is 0 Å². The number of ether oxygens (including phenoxy) is 3. The van der Waals surface area contributed by atoms with E-state index in [9.17, 15) is 10.1 Å². The second-order valence-electron chi connectivity index (χ2n) is 8.68. The second kappa shape index (κ2) is 10.4. The van der Waals surface area contributed by atoms with Gasteiger partial charge in [-0.05, 0) is 41.7 Å². The first kappa shape index (κ1) is 23.9. The molecule has 2 N–H and O–H groups in total. The number of nitriles is 1. The molecule has 0 amide bonds. The van der Waals surface area contributed by atoms with Gasteiger partial charge in [0.05, 0.1) is 12.5 Å². The zero-order chi connectivity index (χ0) is 24.9. The van der Waals surface area contributed by atoms with Gasteiger partial charge < -0.3 is 19.9 Å². The number of para-hydroxylation sites is 1. The van der Waals surface area contributed by atoms with Crippen LogP contribution in [0.2, 0.25) is 0 Å². The molecule has 0 spiro atoms. The molecule has 6 heteroatoms. The van der Waals surface area contributed by atoms with Crippen LogP contribution in [-0.2, 0) is 0 Å². The number of benzene rings is 3. The van der Waals surface area contributed by atoms with E-state index < -0.39 is 5.97 Å². The highest BCUT2D eigenvalue weighted by Crippen LogP contribution is 2.43. The number of carbonyl (C=O) groups is 1. The summed E-state index contributed by atoms with van der Waals surface area (Å²) in [7, 11) is 0. The summed E-state index contributed by atoms with van der Waals surface area (Å²) in [6, 6.07) is 22.5. The zero-order valence-electron chi connectivity index (χ0n) is 20.1. The number of allylic oxidation sites excluding steroid dienone is 1. The predicted molar refractivity (Wildman–Crippen MR) is 133 cm³/mol. The van der Waals surface area contributed by atoms with Gasteiger partial charge in [0.2, 0.25) is 5.88 Å². The minimum atomic E-state index is -0.533. The fourth-order valence-electron chi connectivity index (χ4n) is 4.05. The van der Waals surface area contributed by atoms with Crippen LogP contribution < -0.4 is 19.9 Å². The van der Waals surface area contributed by atoms with Crippen LogP contribution in [0.3, 0.4) is 0 Å². The molecule has 35 heavy (non-hydrogen) atoms. The second-order valence-corrected chi connectivity index (χ2v) is 8.68. The molecule has 1 atom stereocenters. The smallest absolute Gasteiger partial charge is 0.347 e. The van der Waals surface area contributed by atoms with Crippen molar-refractivity contribution < 1.29 is 19.0 Å². The summed E-state index contributed by atoms with van der Waals surface area (Å²) in [6.45, 7) is 6.77. The van der Waals surface area contributed by atoms with E-state index in [-0.39, 0.29) is 11.8 Å². The highest BCUT2D eigenvalue weighted by atomic mass is 16.5. The maximum absolute atomic E-state index is 12.9. The Bertz CT molecular complexity index is 1300. The zero-order valence-corrected chi connectivity index (χ0v) is 20.1. The summed E-state index contributed by atoms with van der Waals surface area (Å²) >= 11 is 0. The lowest BCUT2D eigenvalue weighted by Gasteiger charge is -2.27. The summed E-state index contributed by atoms with van der Waals surface area (Å²) in [5.41, 5.74) is 9.74. The van der Waals surface area contributed by atoms with Crippen molar-refractivity contribution in [3.8, 4) is 23.3 Å². The van der Waals surface area contributed by atoms with E-state index in [1.807, 2.05) is 31.2 Å². The highest BCUT2D eigenvalue weighted by molar-refractivity contribution is 5.94. The highest BCUT2D eigenvalue weighted by Gasteiger charge is 2.31. The van der Waals surface area contributed by atoms with Crippen LogP contribution in [0, 0.1) is 11.3 Å². The third-order valence-corrected chi connectivity index (χ3v) is 5.91. The van der Waals surface area contributed by atoms with Crippen molar-refractivity contribution in [1.82, 2.24) is 0 Å². The maximum atomic E-state index is 12.9. The minimum Gasteiger partial charge on any atom is -0.493 e. The average molecular weight is 469 g/mol. The van der Waals surface area contributed by atoms with E-state index >= 15 is 0 Å². The Morgan fingerprint density at radius 2 is 1.86 bits per heavy atom. The third-order valence-electron chi connectivity index (χ3n) is 5.91. The van der Waals surface area contributed by atoms with Crippen molar-refractivity contribution in [2.24, 2.45) is 5.73 Å². The molecule has 0 saturated heterocycles. The Labute approximate surface area is 205 Å². The maximum Gasteiger partial charge on any atom is 0.347 e. The van der Waals surface area contributed by atoms with Crippen molar-refractivity contribution in [1.29, 1.82) is 5.26 Å². The van der Waals surface area contributed by atoms with Gasteiger partial charge in [-0.1, -0.05) is 63.2 Å². The van der Waals surface area contributed by atoms with Crippen molar-refractivity contribution in [3.63, 3.8) is 0 Å². The van der Waals surface area contributed by atoms with Crippen LogP contribution in [0.5, 0.6) is 17.2 Å². The van der Waals surface area contributed by atoms with Crippen molar-refractivity contribution in [2.75, 3.05) is 6.61 Å². The summed E-state index contributed by atoms with van der Waals surface area (Å²) < 4.78 is 17.1. The van der Waals surface area contributed by atoms with Gasteiger partial charge >= 0.3 is 5.97 Å². The Hall–Kier alpha value is -4.24. The normalized spacial score (nSPS) is 14.7. The molecule has 3 aromatic rings. The van der Waals surface area contributed by atoms with E-state index in [4.69, 9.17) is 19.9 Å². The molecule has 1 heterocycles. The lowest BCUT2D eigenvalue weighted by atomic mass is 9.83. The van der Waals surface area contributed by atoms with Crippen LogP contribution in [0.1, 0.15) is 66.1 Å². The van der Waals surface area contributed by atoms with Gasteiger partial charge in [-0.2, -0.15) is 5.26 Å². The molecule has 4 rings (SSSR count). The van der Waals surface area contributed by atoms with Crippen molar-refractivity contribution >= 4 is 5.97 Å². The molecule has 0 bridgehead atoms. The first-order chi connectivity index (χ1) is 16.9. The number of hydrogen-bond donors (Lipinski definition) is 1. The van der Waals surface area contributed by atoms with Crippen molar-refractivity contribution in [3.05, 3.63) is 100 Å². The fraction of sp³-hybridized carbons (Fsp3) is 0.241. The number of nitrogens with two attached hydrogens (primary N) is 1. The third kappa shape index (κ3) is 4.99. The molecular weight excluding hydrogens is 440 g/mol. The molecule has 1 aliphatic heterocycles. The van der Waals surface area contributed by atoms with E-state index in [1.54, 1.807) is 30.3 Å². The largest absolute Gasteiger partial charge is 0.493 e. The molecule has 0 aromatic heterocycles. The predicted octanol–water partition coefficient (Wildman–Crippen LogP) is 6.04. The fourth-order valence-corrected chi connectivity index (χ4v) is 4.05. The molecule has 3 aromatic carbocycles. The van der Waals surface area contributed by atoms with Gasteiger partial charge in [-0.15, -0.1) is 0 Å². The Morgan fingerprint density at radius 1 is 1.11 bits per heavy atom. The van der Waals surface area contributed by atoms with Gasteiger partial charge in [0, 0.05) is 11.6 Å². The molecule has 1 unspecified atom stereocenters. The molecule has 178 valence electrons. The minimum absolute atomic E-state index is 0.0414. The van der Waals surface area contributed by atoms with E-state index in [0.29, 0.717) is 40.9 Å². The lowest BCUT2D eigenvalue weighted by molar-refractivity contribution is 0.0730. The summed E-state index contributed by atoms with van der Waals surface area (Å²) in [5, 5.41) is 9.80. The van der Waals surface area contributed by atoms with E-state index in [2.05, 4.69) is 32.0 Å². The molecule has 0 saturated carbocycles. The quantitative estimate of drug-likeness (QED) is 0.336. The summed E-state index contributed by atoms with van der Waals surface area (Å²) in [5.74, 6) is 0.759. The van der Waals surface area contributed by atoms with Crippen LogP contribution in [0.15, 0.2) is 78.2 Å². The van der Waals surface area contributed by atoms with Crippen LogP contribution in [0.4, 0.5) is 0 Å². The first-order valence-electron chi connectivity index (χ1n) is 11.7.